The van der Waals surface area contributed by atoms with Gasteiger partial charge >= 0.3 is 0 Å². The van der Waals surface area contributed by atoms with Gasteiger partial charge in [0.05, 0.1) is 23.5 Å². The summed E-state index contributed by atoms with van der Waals surface area (Å²) in [5.74, 6) is -3.69. The standard InChI is InChI=1S/C19H22F2N2O5S2.C17H18F2N2O5S2/c1-2-14-28-15-6-8-16(9-7-15)29(24,25)22-10-12-23(13-11-22)30(26,27)19-17(20)4-3-5-18(19)21;1-26-13-5-7-14(8-6-13)27(22,23)20-9-11-21(12-10-20)28(24,25)17-15(18)3-2-4-16(17)19/h3-9H,2,10-14H2,1H3;2-8H,9-12H2,1H3/i;1-1. The van der Waals surface area contributed by atoms with Crippen LogP contribution in [0.15, 0.2) is 105 Å². The van der Waals surface area contributed by atoms with Crippen LogP contribution in [0.5, 0.6) is 11.5 Å². The molecule has 316 valence electrons. The van der Waals surface area contributed by atoms with Gasteiger partial charge in [-0.25, -0.2) is 51.2 Å². The fourth-order valence-corrected chi connectivity index (χ4v) is 11.9. The molecular formula is C36H40F4N4O10S4. The summed E-state index contributed by atoms with van der Waals surface area (Å²) in [6.07, 6.45) is 0.823. The number of halogens is 4. The number of hydrogen-bond acceptors (Lipinski definition) is 10. The molecule has 4 aromatic carbocycles. The Morgan fingerprint density at radius 1 is 0.466 bits per heavy atom. The lowest BCUT2D eigenvalue weighted by molar-refractivity contribution is 0.271. The molecule has 2 aliphatic heterocycles. The molecule has 0 saturated carbocycles. The summed E-state index contributed by atoms with van der Waals surface area (Å²) in [6.45, 7) is 1.08. The van der Waals surface area contributed by atoms with E-state index < -0.39 is 73.2 Å². The molecule has 0 atom stereocenters. The van der Waals surface area contributed by atoms with Crippen LogP contribution in [0.2, 0.25) is 0 Å². The van der Waals surface area contributed by atoms with Crippen LogP contribution in [0.3, 0.4) is 0 Å². The summed E-state index contributed by atoms with van der Waals surface area (Å²) in [7, 11) is -15.1. The van der Waals surface area contributed by atoms with Crippen LogP contribution >= 0.6 is 0 Å². The third-order valence-electron chi connectivity index (χ3n) is 9.06. The Hall–Kier alpha value is -4.16. The molecule has 0 N–H and O–H groups in total. The second-order valence-electron chi connectivity index (χ2n) is 12.7. The van der Waals surface area contributed by atoms with Crippen LogP contribution in [0.1, 0.15) is 13.3 Å². The lowest BCUT2D eigenvalue weighted by Crippen LogP contribution is -2.50. The highest BCUT2D eigenvalue weighted by molar-refractivity contribution is 7.90. The van der Waals surface area contributed by atoms with E-state index in [0.29, 0.717) is 18.1 Å². The first kappa shape index (κ1) is 44.9. The smallest absolute Gasteiger partial charge is 0.249 e. The predicted octanol–water partition coefficient (Wildman–Crippen LogP) is 4.12. The molecule has 58 heavy (non-hydrogen) atoms. The van der Waals surface area contributed by atoms with Crippen molar-refractivity contribution in [3.05, 3.63) is 108 Å². The van der Waals surface area contributed by atoms with Gasteiger partial charge in [0.25, 0.3) is 0 Å². The van der Waals surface area contributed by atoms with Gasteiger partial charge in [-0.1, -0.05) is 19.1 Å². The quantitative estimate of drug-likeness (QED) is 0.189. The average molecular weight is 892 g/mol. The van der Waals surface area contributed by atoms with Crippen LogP contribution in [-0.4, -0.2) is 117 Å². The van der Waals surface area contributed by atoms with Crippen molar-refractivity contribution in [1.82, 2.24) is 17.2 Å². The van der Waals surface area contributed by atoms with Crippen molar-refractivity contribution < 1.29 is 60.7 Å². The molecule has 0 amide bonds. The molecular weight excluding hydrogens is 852 g/mol. The Kier molecular flexibility index (Phi) is 14.3. The topological polar surface area (TPSA) is 168 Å². The number of sulfonamides is 4. The largest absolute Gasteiger partial charge is 0.497 e. The van der Waals surface area contributed by atoms with Crippen LogP contribution in [-0.2, 0) is 40.1 Å². The monoisotopic (exact) mass is 891 g/mol. The van der Waals surface area contributed by atoms with Crippen molar-refractivity contribution in [3.8, 4) is 11.5 Å². The molecule has 6 rings (SSSR count). The molecule has 0 spiro atoms. The van der Waals surface area contributed by atoms with E-state index >= 15 is 0 Å². The highest BCUT2D eigenvalue weighted by atomic mass is 32.2. The highest BCUT2D eigenvalue weighted by Crippen LogP contribution is 2.28. The Bertz CT molecular complexity index is 2480. The fraction of sp³-hybridized carbons (Fsp3) is 0.333. The summed E-state index contributed by atoms with van der Waals surface area (Å²) in [5.41, 5.74) is 0. The number of ether oxygens (including phenoxy) is 2. The van der Waals surface area contributed by atoms with E-state index in [0.717, 1.165) is 60.0 Å². The molecule has 0 aromatic heterocycles. The first-order chi connectivity index (χ1) is 27.3. The van der Waals surface area contributed by atoms with Gasteiger partial charge in [0.1, 0.15) is 34.8 Å². The van der Waals surface area contributed by atoms with E-state index in [4.69, 9.17) is 9.47 Å². The van der Waals surface area contributed by atoms with Crippen molar-refractivity contribution in [2.24, 2.45) is 0 Å². The maximum absolute atomic E-state index is 13.9. The molecule has 2 aliphatic rings. The summed E-state index contributed by atoms with van der Waals surface area (Å²) in [6, 6.07) is 17.4. The van der Waals surface area contributed by atoms with E-state index in [1.54, 1.807) is 12.1 Å². The second-order valence-corrected chi connectivity index (χ2v) is 20.3. The maximum atomic E-state index is 13.9. The number of piperazine rings is 2. The van der Waals surface area contributed by atoms with Crippen molar-refractivity contribution in [3.63, 3.8) is 0 Å². The number of nitrogens with zero attached hydrogens (tertiary/aromatic N) is 4. The minimum atomic E-state index is -4.43. The zero-order valence-corrected chi connectivity index (χ0v) is 34.4. The zero-order chi connectivity index (χ0) is 42.5. The molecule has 0 radical (unpaired) electrons. The number of hydrogen-bond donors (Lipinski definition) is 0. The Labute approximate surface area is 335 Å². The van der Waals surface area contributed by atoms with E-state index in [9.17, 15) is 51.2 Å². The van der Waals surface area contributed by atoms with Gasteiger partial charge in [-0.05, 0) is 79.2 Å². The molecule has 2 heterocycles. The Morgan fingerprint density at radius 2 is 0.759 bits per heavy atom. The van der Waals surface area contributed by atoms with E-state index in [-0.39, 0.29) is 62.1 Å². The molecule has 2 saturated heterocycles. The summed E-state index contributed by atoms with van der Waals surface area (Å²) in [5, 5.41) is 0. The first-order valence-electron chi connectivity index (χ1n) is 17.6. The van der Waals surface area contributed by atoms with Crippen molar-refractivity contribution >= 4 is 40.1 Å². The first-order valence-corrected chi connectivity index (χ1v) is 23.4. The van der Waals surface area contributed by atoms with Gasteiger partial charge in [0.2, 0.25) is 40.1 Å². The average Bonchev–Trinajstić information content (AvgIpc) is 3.20. The minimum absolute atomic E-state index is 0.0461. The van der Waals surface area contributed by atoms with Gasteiger partial charge in [0.15, 0.2) is 9.79 Å². The molecule has 0 bridgehead atoms. The fourth-order valence-electron chi connectivity index (χ4n) is 5.99. The lowest BCUT2D eigenvalue weighted by atomic mass is 10.3. The number of methoxy groups -OCH3 is 1. The molecule has 22 heteroatoms. The van der Waals surface area contributed by atoms with Gasteiger partial charge in [-0.3, -0.25) is 0 Å². The van der Waals surface area contributed by atoms with E-state index in [1.165, 1.54) is 43.5 Å². The van der Waals surface area contributed by atoms with Crippen LogP contribution < -0.4 is 9.47 Å². The predicted molar refractivity (Wildman–Crippen MR) is 203 cm³/mol. The normalized spacial score (nSPS) is 16.7. The summed E-state index contributed by atoms with van der Waals surface area (Å²) < 4.78 is 172. The van der Waals surface area contributed by atoms with Crippen molar-refractivity contribution in [2.75, 3.05) is 66.1 Å². The van der Waals surface area contributed by atoms with Gasteiger partial charge in [-0.2, -0.15) is 17.2 Å². The van der Waals surface area contributed by atoms with E-state index in [2.05, 4.69) is 0 Å². The number of rotatable bonds is 12. The molecule has 2 fully saturated rings. The van der Waals surface area contributed by atoms with E-state index in [1.807, 2.05) is 6.92 Å². The number of benzene rings is 4. The lowest BCUT2D eigenvalue weighted by Gasteiger charge is -2.33. The molecule has 0 unspecified atom stereocenters. The second kappa shape index (κ2) is 18.4. The third kappa shape index (κ3) is 9.65. The molecule has 14 nitrogen and oxygen atoms in total. The van der Waals surface area contributed by atoms with Gasteiger partial charge in [0, 0.05) is 52.4 Å². The van der Waals surface area contributed by atoms with Crippen LogP contribution in [0.4, 0.5) is 17.6 Å². The van der Waals surface area contributed by atoms with Crippen LogP contribution in [0, 0.1) is 23.3 Å². The summed E-state index contributed by atoms with van der Waals surface area (Å²) in [4.78, 5) is -1.95. The van der Waals surface area contributed by atoms with Crippen LogP contribution in [0.25, 0.3) is 0 Å². The highest BCUT2D eigenvalue weighted by Gasteiger charge is 2.38. The molecule has 4 aromatic rings. The van der Waals surface area contributed by atoms with Gasteiger partial charge < -0.3 is 9.47 Å². The van der Waals surface area contributed by atoms with Crippen molar-refractivity contribution in [1.29, 1.82) is 0 Å². The van der Waals surface area contributed by atoms with Crippen molar-refractivity contribution in [2.45, 2.75) is 32.9 Å². The minimum Gasteiger partial charge on any atom is -0.497 e. The Morgan fingerprint density at radius 3 is 1.05 bits per heavy atom. The zero-order valence-electron chi connectivity index (χ0n) is 31.2. The maximum Gasteiger partial charge on any atom is 0.249 e. The third-order valence-corrected chi connectivity index (χ3v) is 16.8. The SMILES string of the molecule is CCCOc1ccc(S(=O)(=O)N2CCN(S(=O)(=O)c3c(F)cccc3F)CC2)cc1.[11CH3]Oc1ccc(S(=O)(=O)N2CCN(S(=O)(=O)c3c(F)cccc3F)CC2)cc1. The Balaban J connectivity index is 0.000000221. The summed E-state index contributed by atoms with van der Waals surface area (Å²) >= 11 is 0. The van der Waals surface area contributed by atoms with Gasteiger partial charge in [-0.15, -0.1) is 0 Å². The molecule has 0 aliphatic carbocycles.